The zero-order valence-corrected chi connectivity index (χ0v) is 15.8. The van der Waals surface area contributed by atoms with Gasteiger partial charge >= 0.3 is 12.1 Å². The Morgan fingerprint density at radius 3 is 2.24 bits per heavy atom. The molecule has 4 fully saturated rings. The first kappa shape index (κ1) is 22.2. The van der Waals surface area contributed by atoms with Gasteiger partial charge in [-0.25, -0.2) is 13.6 Å². The minimum Gasteiger partial charge on any atom is -0.475 e. The number of fused-ring (bicyclic) bond motifs is 1. The molecule has 2 heterocycles. The van der Waals surface area contributed by atoms with Crippen molar-refractivity contribution in [3.63, 3.8) is 0 Å². The molecule has 1 N–H and O–H groups in total. The summed E-state index contributed by atoms with van der Waals surface area (Å²) in [6.45, 7) is 5.08. The molecule has 29 heavy (non-hydrogen) atoms. The highest BCUT2D eigenvalue weighted by Gasteiger charge is 2.51. The quantitative estimate of drug-likeness (QED) is 0.699. The standard InChI is InChI=1S/C16H24F2N2O2.C2HF3O2/c17-16(18)5-12(6-16)15(21)20-9-13-8-19(7-11-1-2-11)3-4-22-14(13)10-20;3-2(4,5)1(6)7/h11-14H,1-10H2;(H,6,7)/t13-,14+;/m0./s1. The summed E-state index contributed by atoms with van der Waals surface area (Å²) in [7, 11) is 0. The molecule has 2 aliphatic heterocycles. The monoisotopic (exact) mass is 428 g/mol. The lowest BCUT2D eigenvalue weighted by atomic mass is 9.80. The third-order valence-electron chi connectivity index (χ3n) is 5.82. The average Bonchev–Trinajstić information content (AvgIpc) is 3.34. The molecule has 4 aliphatic rings. The number of hydrogen-bond acceptors (Lipinski definition) is 4. The number of halogens is 5. The number of aliphatic carboxylic acids is 1. The molecule has 11 heteroatoms. The molecule has 1 amide bonds. The fourth-order valence-electron chi connectivity index (χ4n) is 4.07. The highest BCUT2D eigenvalue weighted by molar-refractivity contribution is 5.80. The summed E-state index contributed by atoms with van der Waals surface area (Å²) in [4.78, 5) is 25.5. The molecule has 0 aromatic rings. The Morgan fingerprint density at radius 1 is 1.10 bits per heavy atom. The smallest absolute Gasteiger partial charge is 0.475 e. The van der Waals surface area contributed by atoms with Crippen LogP contribution >= 0.6 is 0 Å². The SMILES string of the molecule is O=C(C1CC(F)(F)C1)N1C[C@@H]2CN(CC3CC3)CCO[C@@H]2C1.O=C(O)C(F)(F)F. The van der Waals surface area contributed by atoms with Crippen molar-refractivity contribution in [3.8, 4) is 0 Å². The number of carboxylic acids is 1. The van der Waals surface area contributed by atoms with Crippen molar-refractivity contribution in [2.45, 2.75) is 43.9 Å². The first-order chi connectivity index (χ1) is 13.4. The molecule has 0 spiro atoms. The maximum atomic E-state index is 13.0. The highest BCUT2D eigenvalue weighted by atomic mass is 19.4. The van der Waals surface area contributed by atoms with Crippen LogP contribution in [0.2, 0.25) is 0 Å². The first-order valence-corrected chi connectivity index (χ1v) is 9.75. The van der Waals surface area contributed by atoms with Gasteiger partial charge in [0.25, 0.3) is 0 Å². The normalized spacial score (nSPS) is 29.9. The van der Waals surface area contributed by atoms with Crippen LogP contribution in [0.25, 0.3) is 0 Å². The lowest BCUT2D eigenvalue weighted by Gasteiger charge is -2.36. The maximum absolute atomic E-state index is 13.0. The van der Waals surface area contributed by atoms with E-state index < -0.39 is 24.0 Å². The van der Waals surface area contributed by atoms with Crippen LogP contribution in [-0.4, -0.2) is 84.3 Å². The second kappa shape index (κ2) is 8.33. The third kappa shape index (κ3) is 6.00. The fraction of sp³-hybridized carbons (Fsp3) is 0.889. The van der Waals surface area contributed by atoms with Gasteiger partial charge in [0.15, 0.2) is 0 Å². The molecule has 0 unspecified atom stereocenters. The Bertz CT molecular complexity index is 618. The predicted molar refractivity (Wildman–Crippen MR) is 90.3 cm³/mol. The van der Waals surface area contributed by atoms with Gasteiger partial charge in [0, 0.05) is 57.4 Å². The summed E-state index contributed by atoms with van der Waals surface area (Å²) < 4.78 is 63.6. The molecule has 4 rings (SSSR count). The van der Waals surface area contributed by atoms with E-state index in [0.29, 0.717) is 19.0 Å². The number of carbonyl (C=O) groups excluding carboxylic acids is 1. The fourth-order valence-corrected chi connectivity index (χ4v) is 4.07. The Labute approximate surface area is 165 Å². The summed E-state index contributed by atoms with van der Waals surface area (Å²) in [5, 5.41) is 7.12. The van der Waals surface area contributed by atoms with Crippen molar-refractivity contribution >= 4 is 11.9 Å². The van der Waals surface area contributed by atoms with Gasteiger partial charge < -0.3 is 19.6 Å². The van der Waals surface area contributed by atoms with Crippen molar-refractivity contribution < 1.29 is 41.4 Å². The molecular formula is C18H25F5N2O4. The minimum absolute atomic E-state index is 0.0867. The number of nitrogens with zero attached hydrogens (tertiary/aromatic N) is 2. The minimum atomic E-state index is -5.08. The average molecular weight is 428 g/mol. The van der Waals surface area contributed by atoms with E-state index in [9.17, 15) is 26.7 Å². The number of likely N-dealkylation sites (tertiary alicyclic amines) is 1. The second-order valence-corrected chi connectivity index (χ2v) is 8.38. The zero-order valence-electron chi connectivity index (χ0n) is 15.8. The van der Waals surface area contributed by atoms with E-state index in [1.165, 1.54) is 12.8 Å². The molecule has 2 saturated heterocycles. The Balaban J connectivity index is 0.000000298. The van der Waals surface area contributed by atoms with Crippen molar-refractivity contribution in [2.24, 2.45) is 17.8 Å². The number of carbonyl (C=O) groups is 2. The number of ether oxygens (including phenoxy) is 1. The molecule has 2 atom stereocenters. The Kier molecular flexibility index (Phi) is 6.38. The van der Waals surface area contributed by atoms with E-state index in [0.717, 1.165) is 32.2 Å². The van der Waals surface area contributed by atoms with Crippen molar-refractivity contribution in [1.82, 2.24) is 9.80 Å². The number of carboxylic acid groups (broad SMARTS) is 1. The van der Waals surface area contributed by atoms with Gasteiger partial charge in [0.1, 0.15) is 0 Å². The van der Waals surface area contributed by atoms with E-state index in [1.807, 2.05) is 0 Å². The van der Waals surface area contributed by atoms with Gasteiger partial charge in [-0.3, -0.25) is 4.79 Å². The van der Waals surface area contributed by atoms with Crippen LogP contribution in [0.4, 0.5) is 22.0 Å². The summed E-state index contributed by atoms with van der Waals surface area (Å²) in [5.41, 5.74) is 0. The summed E-state index contributed by atoms with van der Waals surface area (Å²) in [5.74, 6) is -4.75. The van der Waals surface area contributed by atoms with Crippen LogP contribution in [0.1, 0.15) is 25.7 Å². The summed E-state index contributed by atoms with van der Waals surface area (Å²) in [6, 6.07) is 0. The highest BCUT2D eigenvalue weighted by Crippen LogP contribution is 2.44. The van der Waals surface area contributed by atoms with Crippen molar-refractivity contribution in [2.75, 3.05) is 39.3 Å². The Hall–Kier alpha value is -1.49. The molecule has 6 nitrogen and oxygen atoms in total. The van der Waals surface area contributed by atoms with Gasteiger partial charge in [-0.2, -0.15) is 13.2 Å². The maximum Gasteiger partial charge on any atom is 0.490 e. The van der Waals surface area contributed by atoms with E-state index >= 15 is 0 Å². The molecule has 2 aliphatic carbocycles. The number of rotatable bonds is 3. The van der Waals surface area contributed by atoms with E-state index in [4.69, 9.17) is 14.6 Å². The van der Waals surface area contributed by atoms with Crippen molar-refractivity contribution in [1.29, 1.82) is 0 Å². The van der Waals surface area contributed by atoms with E-state index in [2.05, 4.69) is 4.90 Å². The summed E-state index contributed by atoms with van der Waals surface area (Å²) >= 11 is 0. The largest absolute Gasteiger partial charge is 0.490 e. The Morgan fingerprint density at radius 2 is 1.72 bits per heavy atom. The lowest BCUT2D eigenvalue weighted by molar-refractivity contribution is -0.192. The predicted octanol–water partition coefficient (Wildman–Crippen LogP) is 2.23. The lowest BCUT2D eigenvalue weighted by Crippen LogP contribution is -2.46. The third-order valence-corrected chi connectivity index (χ3v) is 5.82. The number of alkyl halides is 5. The van der Waals surface area contributed by atoms with Crippen LogP contribution in [0.15, 0.2) is 0 Å². The molecule has 166 valence electrons. The zero-order chi connectivity index (χ0) is 21.4. The van der Waals surface area contributed by atoms with Crippen LogP contribution in [0.3, 0.4) is 0 Å². The van der Waals surface area contributed by atoms with Gasteiger partial charge in [0.2, 0.25) is 11.8 Å². The molecule has 0 aromatic heterocycles. The molecule has 0 bridgehead atoms. The van der Waals surface area contributed by atoms with Gasteiger partial charge in [-0.15, -0.1) is 0 Å². The van der Waals surface area contributed by atoms with Crippen LogP contribution in [0.5, 0.6) is 0 Å². The van der Waals surface area contributed by atoms with Crippen LogP contribution in [-0.2, 0) is 14.3 Å². The number of amides is 1. The van der Waals surface area contributed by atoms with Crippen LogP contribution in [0, 0.1) is 17.8 Å². The molecule has 2 saturated carbocycles. The second-order valence-electron chi connectivity index (χ2n) is 8.38. The van der Waals surface area contributed by atoms with Gasteiger partial charge in [0.05, 0.1) is 12.7 Å². The molecular weight excluding hydrogens is 403 g/mol. The van der Waals surface area contributed by atoms with Crippen molar-refractivity contribution in [3.05, 3.63) is 0 Å². The molecule has 0 aromatic carbocycles. The topological polar surface area (TPSA) is 70.1 Å². The van der Waals surface area contributed by atoms with Gasteiger partial charge in [-0.1, -0.05) is 0 Å². The van der Waals surface area contributed by atoms with E-state index in [1.54, 1.807) is 4.90 Å². The first-order valence-electron chi connectivity index (χ1n) is 9.75. The van der Waals surface area contributed by atoms with Crippen LogP contribution < -0.4 is 0 Å². The number of hydrogen-bond donors (Lipinski definition) is 1. The van der Waals surface area contributed by atoms with E-state index in [-0.39, 0.29) is 24.9 Å². The molecule has 0 radical (unpaired) electrons. The summed E-state index contributed by atoms with van der Waals surface area (Å²) in [6.07, 6.45) is -2.86. The van der Waals surface area contributed by atoms with Gasteiger partial charge in [-0.05, 0) is 18.8 Å².